The lowest BCUT2D eigenvalue weighted by molar-refractivity contribution is 0.138. The zero-order valence-corrected chi connectivity index (χ0v) is 8.17. The van der Waals surface area contributed by atoms with Crippen molar-refractivity contribution in [2.75, 3.05) is 19.0 Å². The maximum Gasteiger partial charge on any atom is 0.410 e. The van der Waals surface area contributed by atoms with Gasteiger partial charge in [0.1, 0.15) is 6.10 Å². The van der Waals surface area contributed by atoms with Crippen molar-refractivity contribution in [1.82, 2.24) is 4.90 Å². The summed E-state index contributed by atoms with van der Waals surface area (Å²) in [6, 6.07) is 0. The molecule has 1 rings (SSSR count). The van der Waals surface area contributed by atoms with Crippen molar-refractivity contribution in [1.29, 1.82) is 0 Å². The second kappa shape index (κ2) is 3.99. The molecule has 0 saturated carbocycles. The van der Waals surface area contributed by atoms with Gasteiger partial charge in [0.25, 0.3) is 0 Å². The van der Waals surface area contributed by atoms with E-state index in [2.05, 4.69) is 13.8 Å². The van der Waals surface area contributed by atoms with E-state index in [9.17, 15) is 4.79 Å². The van der Waals surface area contributed by atoms with Gasteiger partial charge in [-0.25, -0.2) is 4.79 Å². The van der Waals surface area contributed by atoms with E-state index in [0.717, 1.165) is 6.54 Å². The number of ether oxygens (including phenoxy) is 1. The summed E-state index contributed by atoms with van der Waals surface area (Å²) in [6.45, 7) is 5.54. The summed E-state index contributed by atoms with van der Waals surface area (Å²) in [5.74, 6) is 0.868. The summed E-state index contributed by atoms with van der Waals surface area (Å²) in [5, 5.41) is 0. The Labute approximate surface area is 77.6 Å². The van der Waals surface area contributed by atoms with Crippen molar-refractivity contribution in [3.05, 3.63) is 0 Å². The first-order valence-corrected chi connectivity index (χ1v) is 4.68. The van der Waals surface area contributed by atoms with Crippen LogP contribution in [0.15, 0.2) is 0 Å². The van der Waals surface area contributed by atoms with E-state index >= 15 is 0 Å². The maximum atomic E-state index is 11.1. The Morgan fingerprint density at radius 3 is 2.83 bits per heavy atom. The van der Waals surface area contributed by atoms with Crippen molar-refractivity contribution in [3.63, 3.8) is 0 Å². The molecule has 1 aliphatic heterocycles. The molecule has 1 unspecified atom stereocenters. The number of hydrogen-bond acceptors (Lipinski definition) is 2. The molecule has 0 aliphatic carbocycles. The molecule has 0 aromatic rings. The third-order valence-electron chi connectivity index (χ3n) is 1.71. The largest absolute Gasteiger partial charge is 0.443 e. The van der Waals surface area contributed by atoms with E-state index in [1.54, 1.807) is 4.90 Å². The highest BCUT2D eigenvalue weighted by Gasteiger charge is 2.30. The van der Waals surface area contributed by atoms with E-state index in [1.165, 1.54) is 0 Å². The Morgan fingerprint density at radius 1 is 1.75 bits per heavy atom. The van der Waals surface area contributed by atoms with Gasteiger partial charge in [0.05, 0.1) is 12.4 Å². The molecule has 1 saturated heterocycles. The summed E-state index contributed by atoms with van der Waals surface area (Å²) >= 11 is 5.57. The van der Waals surface area contributed by atoms with E-state index in [-0.39, 0.29) is 12.2 Å². The SMILES string of the molecule is CC(C)CN1CC(CCl)OC1=O. The fourth-order valence-electron chi connectivity index (χ4n) is 1.24. The van der Waals surface area contributed by atoms with Crippen molar-refractivity contribution < 1.29 is 9.53 Å². The molecule has 0 aromatic heterocycles. The molecule has 1 atom stereocenters. The van der Waals surface area contributed by atoms with Crippen molar-refractivity contribution in [3.8, 4) is 0 Å². The number of hydrogen-bond donors (Lipinski definition) is 0. The number of carbonyl (C=O) groups excluding carboxylic acids is 1. The summed E-state index contributed by atoms with van der Waals surface area (Å²) in [4.78, 5) is 12.8. The topological polar surface area (TPSA) is 29.5 Å². The predicted octanol–water partition coefficient (Wildman–Crippen LogP) is 1.70. The van der Waals surface area contributed by atoms with Crippen LogP contribution in [0.25, 0.3) is 0 Å². The lowest BCUT2D eigenvalue weighted by Crippen LogP contribution is -2.29. The minimum absolute atomic E-state index is 0.113. The Balaban J connectivity index is 2.41. The molecule has 4 heteroatoms. The lowest BCUT2D eigenvalue weighted by atomic mass is 10.2. The van der Waals surface area contributed by atoms with Gasteiger partial charge in [-0.05, 0) is 5.92 Å². The van der Waals surface area contributed by atoms with Gasteiger partial charge in [0.15, 0.2) is 0 Å². The highest BCUT2D eigenvalue weighted by molar-refractivity contribution is 6.18. The monoisotopic (exact) mass is 191 g/mol. The average molecular weight is 192 g/mol. The number of rotatable bonds is 3. The smallest absolute Gasteiger partial charge is 0.410 e. The molecule has 1 fully saturated rings. The van der Waals surface area contributed by atoms with Gasteiger partial charge >= 0.3 is 6.09 Å². The summed E-state index contributed by atoms with van der Waals surface area (Å²) in [5.41, 5.74) is 0. The molecule has 1 amide bonds. The Morgan fingerprint density at radius 2 is 2.42 bits per heavy atom. The van der Waals surface area contributed by atoms with Gasteiger partial charge in [0, 0.05) is 6.54 Å². The van der Waals surface area contributed by atoms with Crippen LogP contribution in [0.3, 0.4) is 0 Å². The van der Waals surface area contributed by atoms with Crippen LogP contribution >= 0.6 is 11.6 Å². The summed E-state index contributed by atoms with van der Waals surface area (Å²) < 4.78 is 4.98. The van der Waals surface area contributed by atoms with Gasteiger partial charge in [-0.3, -0.25) is 0 Å². The van der Waals surface area contributed by atoms with Gasteiger partial charge in [-0.15, -0.1) is 11.6 Å². The van der Waals surface area contributed by atoms with Crippen LogP contribution in [0.4, 0.5) is 4.79 Å². The van der Waals surface area contributed by atoms with E-state index in [1.807, 2.05) is 0 Å². The first-order chi connectivity index (χ1) is 5.63. The first-order valence-electron chi connectivity index (χ1n) is 4.15. The van der Waals surface area contributed by atoms with Crippen LogP contribution in [-0.4, -0.2) is 36.1 Å². The fourth-order valence-corrected chi connectivity index (χ4v) is 1.41. The molecule has 3 nitrogen and oxygen atoms in total. The molecule has 0 spiro atoms. The number of nitrogens with zero attached hydrogens (tertiary/aromatic N) is 1. The van der Waals surface area contributed by atoms with Gasteiger partial charge in [-0.2, -0.15) is 0 Å². The predicted molar refractivity (Wildman–Crippen MR) is 47.4 cm³/mol. The minimum Gasteiger partial charge on any atom is -0.443 e. The number of halogens is 1. The number of carbonyl (C=O) groups is 1. The molecule has 12 heavy (non-hydrogen) atoms. The van der Waals surface area contributed by atoms with Crippen molar-refractivity contribution in [2.24, 2.45) is 5.92 Å². The molecule has 1 aliphatic rings. The van der Waals surface area contributed by atoms with Gasteiger partial charge < -0.3 is 9.64 Å². The second-order valence-corrected chi connectivity index (χ2v) is 3.77. The Bertz CT molecular complexity index is 172. The zero-order valence-electron chi connectivity index (χ0n) is 7.42. The second-order valence-electron chi connectivity index (χ2n) is 3.46. The normalized spacial score (nSPS) is 23.5. The molecule has 0 N–H and O–H groups in total. The molecular weight excluding hydrogens is 178 g/mol. The molecular formula is C8H14ClNO2. The van der Waals surface area contributed by atoms with Gasteiger partial charge in [0.2, 0.25) is 0 Å². The van der Waals surface area contributed by atoms with Crippen LogP contribution in [0.5, 0.6) is 0 Å². The van der Waals surface area contributed by atoms with E-state index in [4.69, 9.17) is 16.3 Å². The maximum absolute atomic E-state index is 11.1. The molecule has 70 valence electrons. The molecule has 0 aromatic carbocycles. The van der Waals surface area contributed by atoms with Crippen molar-refractivity contribution >= 4 is 17.7 Å². The summed E-state index contributed by atoms with van der Waals surface area (Å²) in [7, 11) is 0. The minimum atomic E-state index is -0.227. The van der Waals surface area contributed by atoms with Gasteiger partial charge in [-0.1, -0.05) is 13.8 Å². The molecule has 0 radical (unpaired) electrons. The van der Waals surface area contributed by atoms with E-state index in [0.29, 0.717) is 18.3 Å². The first kappa shape index (κ1) is 9.65. The van der Waals surface area contributed by atoms with Crippen LogP contribution in [0.2, 0.25) is 0 Å². The number of alkyl halides is 1. The fraction of sp³-hybridized carbons (Fsp3) is 0.875. The van der Waals surface area contributed by atoms with Crippen LogP contribution in [0.1, 0.15) is 13.8 Å². The third kappa shape index (κ3) is 2.27. The molecule has 1 heterocycles. The highest BCUT2D eigenvalue weighted by Crippen LogP contribution is 2.13. The van der Waals surface area contributed by atoms with Crippen LogP contribution in [0, 0.1) is 5.92 Å². The average Bonchev–Trinajstić information content (AvgIpc) is 2.31. The van der Waals surface area contributed by atoms with Crippen LogP contribution < -0.4 is 0 Å². The highest BCUT2D eigenvalue weighted by atomic mass is 35.5. The summed E-state index contributed by atoms with van der Waals surface area (Å²) in [6.07, 6.45) is -0.340. The van der Waals surface area contributed by atoms with Crippen LogP contribution in [-0.2, 0) is 4.74 Å². The quantitative estimate of drug-likeness (QED) is 0.636. The Hall–Kier alpha value is -0.440. The van der Waals surface area contributed by atoms with Crippen molar-refractivity contribution in [2.45, 2.75) is 20.0 Å². The van der Waals surface area contributed by atoms with E-state index < -0.39 is 0 Å². The lowest BCUT2D eigenvalue weighted by Gasteiger charge is -2.14. The number of amides is 1. The Kier molecular flexibility index (Phi) is 3.20. The third-order valence-corrected chi connectivity index (χ3v) is 2.05. The zero-order chi connectivity index (χ0) is 9.14. The standard InChI is InChI=1S/C8H14ClNO2/c1-6(2)4-10-5-7(3-9)12-8(10)11/h6-7H,3-5H2,1-2H3. The molecule has 0 bridgehead atoms. The number of cyclic esters (lactones) is 1.